The first-order chi connectivity index (χ1) is 15.1. The monoisotopic (exact) mass is 428 g/mol. The molecule has 168 valence electrons. The summed E-state index contributed by atoms with van der Waals surface area (Å²) in [7, 11) is 0. The Morgan fingerprint density at radius 1 is 1.23 bits per heavy atom. The molecule has 2 heterocycles. The maximum atomic E-state index is 12.5. The molecule has 0 saturated carbocycles. The number of aryl methyl sites for hydroxylation is 1. The smallest absolute Gasteiger partial charge is 0.258 e. The highest BCUT2D eigenvalue weighted by molar-refractivity contribution is 5.80. The number of hydrogen-bond acceptors (Lipinski definition) is 5. The number of nitrogens with one attached hydrogen (secondary N) is 2. The van der Waals surface area contributed by atoms with Gasteiger partial charge in [0.05, 0.1) is 10.9 Å². The minimum atomic E-state index is -0.148. The maximum absolute atomic E-state index is 12.5. The quantitative estimate of drug-likeness (QED) is 0.564. The van der Waals surface area contributed by atoms with E-state index in [1.807, 2.05) is 30.0 Å². The third kappa shape index (κ3) is 6.62. The maximum Gasteiger partial charge on any atom is 0.258 e. The number of amides is 2. The topological polar surface area (TPSA) is 104 Å². The molecule has 8 nitrogen and oxygen atoms in total. The van der Waals surface area contributed by atoms with Gasteiger partial charge in [-0.25, -0.2) is 4.98 Å². The van der Waals surface area contributed by atoms with Gasteiger partial charge in [0, 0.05) is 51.6 Å². The number of ether oxygens (including phenoxy) is 1. The minimum Gasteiger partial charge on any atom is -0.382 e. The predicted octanol–water partition coefficient (Wildman–Crippen LogP) is 2.03. The summed E-state index contributed by atoms with van der Waals surface area (Å²) in [5, 5.41) is 3.54. The van der Waals surface area contributed by atoms with Gasteiger partial charge < -0.3 is 19.9 Å². The molecule has 0 atom stereocenters. The van der Waals surface area contributed by atoms with Gasteiger partial charge in [0.25, 0.3) is 5.56 Å². The van der Waals surface area contributed by atoms with Crippen LogP contribution in [0, 0.1) is 5.92 Å². The van der Waals surface area contributed by atoms with Crippen LogP contribution >= 0.6 is 0 Å². The highest BCUT2D eigenvalue weighted by Crippen LogP contribution is 2.18. The Kier molecular flexibility index (Phi) is 8.58. The van der Waals surface area contributed by atoms with E-state index in [0.717, 1.165) is 6.42 Å². The Morgan fingerprint density at radius 2 is 2.00 bits per heavy atom. The van der Waals surface area contributed by atoms with Gasteiger partial charge in [0.2, 0.25) is 11.8 Å². The number of para-hydroxylation sites is 1. The molecule has 1 aliphatic rings. The second-order valence-corrected chi connectivity index (χ2v) is 7.88. The van der Waals surface area contributed by atoms with E-state index >= 15 is 0 Å². The molecular weight excluding hydrogens is 396 g/mol. The zero-order chi connectivity index (χ0) is 22.1. The third-order valence-electron chi connectivity index (χ3n) is 5.65. The van der Waals surface area contributed by atoms with Gasteiger partial charge in [-0.1, -0.05) is 12.1 Å². The lowest BCUT2D eigenvalue weighted by atomic mass is 9.95. The van der Waals surface area contributed by atoms with E-state index < -0.39 is 0 Å². The number of carbonyl (C=O) groups is 2. The van der Waals surface area contributed by atoms with Crippen molar-refractivity contribution in [2.45, 2.75) is 45.4 Å². The lowest BCUT2D eigenvalue weighted by Gasteiger charge is -2.31. The number of piperidine rings is 1. The Hall–Kier alpha value is -2.74. The molecular formula is C23H32N4O4. The standard InChI is InChI=1S/C23H32N4O4/c1-2-31-16-6-13-24-22(29)17-11-14-27(15-12-17)21(28)10-5-9-20-25-19-8-4-3-7-18(19)23(30)26-20/h3-4,7-8,17H,2,5-6,9-16H2,1H3,(H,24,29)(H,25,26,30). The molecule has 2 amide bonds. The summed E-state index contributed by atoms with van der Waals surface area (Å²) in [4.78, 5) is 46.1. The third-order valence-corrected chi connectivity index (χ3v) is 5.65. The lowest BCUT2D eigenvalue weighted by molar-refractivity contribution is -0.135. The minimum absolute atomic E-state index is 0.0250. The van der Waals surface area contributed by atoms with E-state index in [9.17, 15) is 14.4 Å². The average Bonchev–Trinajstić information content (AvgIpc) is 2.79. The molecule has 1 aromatic heterocycles. The molecule has 1 saturated heterocycles. The van der Waals surface area contributed by atoms with Crippen molar-refractivity contribution in [3.63, 3.8) is 0 Å². The first kappa shape index (κ1) is 22.9. The number of nitrogens with zero attached hydrogens (tertiary/aromatic N) is 2. The summed E-state index contributed by atoms with van der Waals surface area (Å²) < 4.78 is 5.27. The van der Waals surface area contributed by atoms with Crippen molar-refractivity contribution < 1.29 is 14.3 Å². The number of hydrogen-bond donors (Lipinski definition) is 2. The molecule has 0 bridgehead atoms. The average molecular weight is 429 g/mol. The lowest BCUT2D eigenvalue weighted by Crippen LogP contribution is -2.43. The van der Waals surface area contributed by atoms with Gasteiger partial charge in [-0.2, -0.15) is 0 Å². The van der Waals surface area contributed by atoms with E-state index in [1.54, 1.807) is 6.07 Å². The van der Waals surface area contributed by atoms with Crippen molar-refractivity contribution in [2.75, 3.05) is 32.8 Å². The molecule has 2 N–H and O–H groups in total. The molecule has 0 spiro atoms. The molecule has 1 fully saturated rings. The second kappa shape index (κ2) is 11.6. The van der Waals surface area contributed by atoms with Crippen LogP contribution in [0.5, 0.6) is 0 Å². The molecule has 3 rings (SSSR count). The Bertz CT molecular complexity index is 935. The van der Waals surface area contributed by atoms with Crippen LogP contribution in [0.4, 0.5) is 0 Å². The number of fused-ring (bicyclic) bond motifs is 1. The number of rotatable bonds is 10. The van der Waals surface area contributed by atoms with Gasteiger partial charge >= 0.3 is 0 Å². The summed E-state index contributed by atoms with van der Waals surface area (Å²) in [5.74, 6) is 0.757. The van der Waals surface area contributed by atoms with Crippen LogP contribution in [0.15, 0.2) is 29.1 Å². The second-order valence-electron chi connectivity index (χ2n) is 7.88. The van der Waals surface area contributed by atoms with Gasteiger partial charge in [0.1, 0.15) is 5.82 Å². The number of H-pyrrole nitrogens is 1. The van der Waals surface area contributed by atoms with Crippen LogP contribution in [0.1, 0.15) is 44.9 Å². The summed E-state index contributed by atoms with van der Waals surface area (Å²) in [5.41, 5.74) is 0.524. The van der Waals surface area contributed by atoms with Crippen molar-refractivity contribution in [1.82, 2.24) is 20.2 Å². The van der Waals surface area contributed by atoms with E-state index in [4.69, 9.17) is 4.74 Å². The molecule has 1 aromatic carbocycles. The fourth-order valence-corrected chi connectivity index (χ4v) is 3.88. The van der Waals surface area contributed by atoms with Crippen molar-refractivity contribution in [2.24, 2.45) is 5.92 Å². The van der Waals surface area contributed by atoms with Crippen molar-refractivity contribution >= 4 is 22.7 Å². The van der Waals surface area contributed by atoms with Crippen LogP contribution in [0.2, 0.25) is 0 Å². The van der Waals surface area contributed by atoms with E-state index in [0.29, 0.717) is 81.7 Å². The predicted molar refractivity (Wildman–Crippen MR) is 119 cm³/mol. The van der Waals surface area contributed by atoms with Crippen LogP contribution in [0.3, 0.4) is 0 Å². The summed E-state index contributed by atoms with van der Waals surface area (Å²) in [6, 6.07) is 7.23. The van der Waals surface area contributed by atoms with Crippen LogP contribution < -0.4 is 10.9 Å². The normalized spacial score (nSPS) is 14.7. The molecule has 0 radical (unpaired) electrons. The number of aromatic nitrogens is 2. The van der Waals surface area contributed by atoms with E-state index in [1.165, 1.54) is 0 Å². The zero-order valence-corrected chi connectivity index (χ0v) is 18.2. The van der Waals surface area contributed by atoms with Gasteiger partial charge in [-0.15, -0.1) is 0 Å². The van der Waals surface area contributed by atoms with Crippen LogP contribution in [-0.4, -0.2) is 59.5 Å². The van der Waals surface area contributed by atoms with Crippen molar-refractivity contribution in [1.29, 1.82) is 0 Å². The molecule has 0 unspecified atom stereocenters. The Morgan fingerprint density at radius 3 is 2.77 bits per heavy atom. The SMILES string of the molecule is CCOCCCNC(=O)C1CCN(C(=O)CCCc2nc3ccccc3c(=O)[nH]2)CC1. The molecule has 0 aliphatic carbocycles. The van der Waals surface area contributed by atoms with Crippen LogP contribution in [0.25, 0.3) is 10.9 Å². The summed E-state index contributed by atoms with van der Waals surface area (Å²) in [6.07, 6.45) is 3.79. The van der Waals surface area contributed by atoms with Gasteiger partial charge in [0.15, 0.2) is 0 Å². The van der Waals surface area contributed by atoms with E-state index in [-0.39, 0.29) is 23.3 Å². The number of likely N-dealkylation sites (tertiary alicyclic amines) is 1. The van der Waals surface area contributed by atoms with Crippen LogP contribution in [-0.2, 0) is 20.7 Å². The Labute approximate surface area is 182 Å². The fraction of sp³-hybridized carbons (Fsp3) is 0.565. The zero-order valence-electron chi connectivity index (χ0n) is 18.2. The largest absolute Gasteiger partial charge is 0.382 e. The highest BCUT2D eigenvalue weighted by Gasteiger charge is 2.26. The van der Waals surface area contributed by atoms with Crippen molar-refractivity contribution in [3.05, 3.63) is 40.4 Å². The first-order valence-electron chi connectivity index (χ1n) is 11.2. The highest BCUT2D eigenvalue weighted by atomic mass is 16.5. The molecule has 2 aromatic rings. The van der Waals surface area contributed by atoms with Gasteiger partial charge in [-0.05, 0) is 44.7 Å². The molecule has 8 heteroatoms. The van der Waals surface area contributed by atoms with E-state index in [2.05, 4.69) is 15.3 Å². The number of benzene rings is 1. The first-order valence-corrected chi connectivity index (χ1v) is 11.2. The van der Waals surface area contributed by atoms with Gasteiger partial charge in [-0.3, -0.25) is 14.4 Å². The Balaban J connectivity index is 1.37. The number of carbonyl (C=O) groups excluding carboxylic acids is 2. The summed E-state index contributed by atoms with van der Waals surface area (Å²) in [6.45, 7) is 5.16. The fourth-order valence-electron chi connectivity index (χ4n) is 3.88. The molecule has 1 aliphatic heterocycles. The van der Waals surface area contributed by atoms with Crippen molar-refractivity contribution in [3.8, 4) is 0 Å². The molecule has 31 heavy (non-hydrogen) atoms. The summed E-state index contributed by atoms with van der Waals surface area (Å²) >= 11 is 0. The number of aromatic amines is 1.